The van der Waals surface area contributed by atoms with Crippen LogP contribution in [-0.4, -0.2) is 22.2 Å². The van der Waals surface area contributed by atoms with Crippen molar-refractivity contribution in [2.75, 3.05) is 0 Å². The lowest BCUT2D eigenvalue weighted by molar-refractivity contribution is -0.151. The van der Waals surface area contributed by atoms with Crippen LogP contribution in [0.1, 0.15) is 149 Å². The van der Waals surface area contributed by atoms with Gasteiger partial charge >= 0.3 is 11.9 Å². The van der Waals surface area contributed by atoms with Crippen LogP contribution >= 0.6 is 0 Å². The molecule has 0 spiro atoms. The molecule has 0 bridgehead atoms. The smallest absolute Gasteiger partial charge is 0.309 e. The Morgan fingerprint density at radius 1 is 0.533 bits per heavy atom. The first-order valence-corrected chi connectivity index (χ1v) is 12.9. The van der Waals surface area contributed by atoms with Gasteiger partial charge in [-0.25, -0.2) is 0 Å². The summed E-state index contributed by atoms with van der Waals surface area (Å²) in [5, 5.41) is 18.9. The van der Waals surface area contributed by atoms with Crippen LogP contribution in [0.2, 0.25) is 0 Å². The maximum absolute atomic E-state index is 12.3. The normalized spacial score (nSPS) is 11.7. The van der Waals surface area contributed by atoms with Crippen LogP contribution in [0, 0.1) is 5.41 Å². The zero-order valence-electron chi connectivity index (χ0n) is 20.1. The monoisotopic (exact) mass is 426 g/mol. The van der Waals surface area contributed by atoms with Gasteiger partial charge in [-0.05, 0) is 25.7 Å². The minimum Gasteiger partial charge on any atom is -0.481 e. The molecule has 30 heavy (non-hydrogen) atoms. The highest BCUT2D eigenvalue weighted by atomic mass is 16.4. The highest BCUT2D eigenvalue weighted by Crippen LogP contribution is 2.38. The van der Waals surface area contributed by atoms with Crippen molar-refractivity contribution < 1.29 is 19.8 Å². The van der Waals surface area contributed by atoms with E-state index in [0.717, 1.165) is 51.4 Å². The molecule has 4 nitrogen and oxygen atoms in total. The number of rotatable bonds is 23. The number of carboxylic acids is 2. The zero-order valence-corrected chi connectivity index (χ0v) is 20.1. The number of unbranched alkanes of at least 4 members (excludes halogenated alkanes) is 14. The Balaban J connectivity index is 4.50. The summed E-state index contributed by atoms with van der Waals surface area (Å²) >= 11 is 0. The van der Waals surface area contributed by atoms with E-state index in [1.165, 1.54) is 64.2 Å². The molecule has 0 saturated carbocycles. The maximum Gasteiger partial charge on any atom is 0.309 e. The van der Waals surface area contributed by atoms with Crippen molar-refractivity contribution in [3.05, 3.63) is 0 Å². The second-order valence-electron chi connectivity index (χ2n) is 9.28. The average molecular weight is 427 g/mol. The van der Waals surface area contributed by atoms with E-state index in [1.807, 2.05) is 0 Å². The molecule has 4 heteroatoms. The number of hydrogen-bond donors (Lipinski definition) is 2. The fourth-order valence-corrected chi connectivity index (χ4v) is 4.45. The predicted octanol–water partition coefficient (Wildman–Crippen LogP) is 8.37. The van der Waals surface area contributed by atoms with Gasteiger partial charge in [0.2, 0.25) is 0 Å². The first kappa shape index (κ1) is 28.9. The molecule has 0 atom stereocenters. The van der Waals surface area contributed by atoms with E-state index in [2.05, 4.69) is 13.8 Å². The molecule has 0 aromatic carbocycles. The third kappa shape index (κ3) is 15.7. The van der Waals surface area contributed by atoms with Crippen LogP contribution in [0.3, 0.4) is 0 Å². The molecule has 0 aromatic rings. The van der Waals surface area contributed by atoms with E-state index in [9.17, 15) is 14.7 Å². The van der Waals surface area contributed by atoms with Gasteiger partial charge in [0, 0.05) is 6.42 Å². The maximum atomic E-state index is 12.3. The summed E-state index contributed by atoms with van der Waals surface area (Å²) in [6, 6.07) is 0. The van der Waals surface area contributed by atoms with E-state index < -0.39 is 17.4 Å². The lowest BCUT2D eigenvalue weighted by Gasteiger charge is -2.30. The number of carbonyl (C=O) groups is 2. The summed E-state index contributed by atoms with van der Waals surface area (Å²) < 4.78 is 0. The summed E-state index contributed by atoms with van der Waals surface area (Å²) in [7, 11) is 0. The van der Waals surface area contributed by atoms with Crippen molar-refractivity contribution in [3.63, 3.8) is 0 Å². The van der Waals surface area contributed by atoms with Crippen LogP contribution in [0.5, 0.6) is 0 Å². The van der Waals surface area contributed by atoms with Gasteiger partial charge in [0.05, 0.1) is 5.41 Å². The lowest BCUT2D eigenvalue weighted by Crippen LogP contribution is -2.31. The standard InChI is InChI=1S/C26H50O4/c1-3-5-7-9-11-13-17-21-26(25(29)30,23-19-15-16-20-24(27)28)22-18-14-12-10-8-6-4-2/h3-23H2,1-2H3,(H,27,28)(H,29,30). The van der Waals surface area contributed by atoms with Crippen molar-refractivity contribution in [1.29, 1.82) is 0 Å². The van der Waals surface area contributed by atoms with Gasteiger partial charge in [-0.3, -0.25) is 9.59 Å². The fourth-order valence-electron chi connectivity index (χ4n) is 4.45. The lowest BCUT2D eigenvalue weighted by atomic mass is 9.74. The number of aliphatic carboxylic acids is 2. The molecule has 0 aliphatic rings. The SMILES string of the molecule is CCCCCCCCCC(CCCCCCCCC)(CCCCCC(=O)O)C(=O)O. The summed E-state index contributed by atoms with van der Waals surface area (Å²) in [5.74, 6) is -1.39. The van der Waals surface area contributed by atoms with Crippen LogP contribution in [0.4, 0.5) is 0 Å². The van der Waals surface area contributed by atoms with E-state index >= 15 is 0 Å². The highest BCUT2D eigenvalue weighted by Gasteiger charge is 2.36. The van der Waals surface area contributed by atoms with Gasteiger partial charge in [-0.15, -0.1) is 0 Å². The molecule has 0 aromatic heterocycles. The molecule has 0 amide bonds. The minimum absolute atomic E-state index is 0.190. The van der Waals surface area contributed by atoms with Gasteiger partial charge in [-0.2, -0.15) is 0 Å². The van der Waals surface area contributed by atoms with Gasteiger partial charge < -0.3 is 10.2 Å². The summed E-state index contributed by atoms with van der Waals surface area (Å²) in [5.41, 5.74) is -0.601. The molecule has 0 saturated heterocycles. The Morgan fingerprint density at radius 3 is 1.20 bits per heavy atom. The quantitative estimate of drug-likeness (QED) is 0.161. The Labute approximate surface area is 186 Å². The number of carboxylic acid groups (broad SMARTS) is 2. The van der Waals surface area contributed by atoms with Crippen LogP contribution in [0.25, 0.3) is 0 Å². The summed E-state index contributed by atoms with van der Waals surface area (Å²) in [6.07, 6.45) is 21.7. The van der Waals surface area contributed by atoms with Crippen LogP contribution in [0.15, 0.2) is 0 Å². The molecule has 0 rings (SSSR count). The highest BCUT2D eigenvalue weighted by molar-refractivity contribution is 5.74. The summed E-state index contributed by atoms with van der Waals surface area (Å²) in [4.78, 5) is 23.0. The van der Waals surface area contributed by atoms with Crippen molar-refractivity contribution in [2.24, 2.45) is 5.41 Å². The van der Waals surface area contributed by atoms with E-state index in [-0.39, 0.29) is 6.42 Å². The second-order valence-corrected chi connectivity index (χ2v) is 9.28. The van der Waals surface area contributed by atoms with Gasteiger partial charge in [-0.1, -0.05) is 117 Å². The van der Waals surface area contributed by atoms with Gasteiger partial charge in [0.1, 0.15) is 0 Å². The molecule has 0 heterocycles. The van der Waals surface area contributed by atoms with Crippen molar-refractivity contribution >= 4 is 11.9 Å². The van der Waals surface area contributed by atoms with Crippen molar-refractivity contribution in [3.8, 4) is 0 Å². The van der Waals surface area contributed by atoms with E-state index in [4.69, 9.17) is 5.11 Å². The van der Waals surface area contributed by atoms with Crippen LogP contribution in [-0.2, 0) is 9.59 Å². The molecule has 0 radical (unpaired) electrons. The topological polar surface area (TPSA) is 74.6 Å². The predicted molar refractivity (Wildman–Crippen MR) is 126 cm³/mol. The second kappa shape index (κ2) is 19.9. The van der Waals surface area contributed by atoms with E-state index in [0.29, 0.717) is 12.8 Å². The van der Waals surface area contributed by atoms with Crippen molar-refractivity contribution in [1.82, 2.24) is 0 Å². The molecule has 0 fully saturated rings. The molecule has 2 N–H and O–H groups in total. The van der Waals surface area contributed by atoms with E-state index in [1.54, 1.807) is 0 Å². The molecule has 178 valence electrons. The van der Waals surface area contributed by atoms with Gasteiger partial charge in [0.15, 0.2) is 0 Å². The molecular formula is C26H50O4. The van der Waals surface area contributed by atoms with Gasteiger partial charge in [0.25, 0.3) is 0 Å². The molecular weight excluding hydrogens is 376 g/mol. The number of hydrogen-bond acceptors (Lipinski definition) is 2. The average Bonchev–Trinajstić information content (AvgIpc) is 2.71. The van der Waals surface area contributed by atoms with Crippen molar-refractivity contribution in [2.45, 2.75) is 149 Å². The summed E-state index contributed by atoms with van der Waals surface area (Å²) in [6.45, 7) is 4.45. The molecule has 0 aliphatic heterocycles. The van der Waals surface area contributed by atoms with Crippen LogP contribution < -0.4 is 0 Å². The third-order valence-electron chi connectivity index (χ3n) is 6.52. The Bertz CT molecular complexity index is 401. The zero-order chi connectivity index (χ0) is 22.5. The molecule has 0 unspecified atom stereocenters. The Morgan fingerprint density at radius 2 is 0.867 bits per heavy atom. The Kier molecular flexibility index (Phi) is 19.2. The first-order chi connectivity index (χ1) is 14.5. The molecule has 0 aliphatic carbocycles. The minimum atomic E-state index is -0.759. The first-order valence-electron chi connectivity index (χ1n) is 12.9. The third-order valence-corrected chi connectivity index (χ3v) is 6.52. The fraction of sp³-hybridized carbons (Fsp3) is 0.923. The Hall–Kier alpha value is -1.06. The largest absolute Gasteiger partial charge is 0.481 e.